The number of ether oxygens (including phenoxy) is 4. The first-order valence-corrected chi connectivity index (χ1v) is 10.4. The second-order valence-electron chi connectivity index (χ2n) is 7.76. The van der Waals surface area contributed by atoms with E-state index in [1.165, 1.54) is 19.2 Å². The summed E-state index contributed by atoms with van der Waals surface area (Å²) in [7, 11) is 1.32. The van der Waals surface area contributed by atoms with Gasteiger partial charge in [-0.3, -0.25) is 0 Å². The molecule has 2 aliphatic heterocycles. The summed E-state index contributed by atoms with van der Waals surface area (Å²) in [4.78, 5) is 12.3. The second-order valence-corrected chi connectivity index (χ2v) is 7.76. The number of aromatic nitrogens is 3. The molecule has 0 saturated carbocycles. The average molecular weight is 439 g/mol. The molecule has 5 atom stereocenters. The summed E-state index contributed by atoms with van der Waals surface area (Å²) in [5.74, 6) is -0.823. The number of rotatable bonds is 4. The van der Waals surface area contributed by atoms with Gasteiger partial charge in [-0.2, -0.15) is 0 Å². The molecular formula is C23H22FN3O5. The van der Waals surface area contributed by atoms with Crippen molar-refractivity contribution >= 4 is 5.97 Å². The smallest absolute Gasteiger partial charge is 0.335 e. The topological polar surface area (TPSA) is 84.7 Å². The van der Waals surface area contributed by atoms with E-state index in [-0.39, 0.29) is 18.5 Å². The van der Waals surface area contributed by atoms with Gasteiger partial charge in [0.05, 0.1) is 26.0 Å². The van der Waals surface area contributed by atoms with E-state index in [1.54, 1.807) is 23.0 Å². The summed E-state index contributed by atoms with van der Waals surface area (Å²) < 4.78 is 38.3. The second kappa shape index (κ2) is 8.78. The number of carbonyl (C=O) groups excluding carboxylic acids is 1. The maximum Gasteiger partial charge on any atom is 0.335 e. The Hall–Kier alpha value is -3.14. The molecule has 2 saturated heterocycles. The van der Waals surface area contributed by atoms with Crippen molar-refractivity contribution < 1.29 is 28.1 Å². The highest BCUT2D eigenvalue weighted by molar-refractivity contribution is 5.74. The SMILES string of the molecule is COC(=O)[C@H]1C[C@@H](n2cc(-c3cccc(F)c3)nn2)[C@H]2O[C@H](c3ccccc3)OC[C@H]2O1. The van der Waals surface area contributed by atoms with Crippen LogP contribution in [0.3, 0.4) is 0 Å². The van der Waals surface area contributed by atoms with Gasteiger partial charge in [-0.15, -0.1) is 5.10 Å². The van der Waals surface area contributed by atoms with Crippen LogP contribution in [0, 0.1) is 5.82 Å². The molecule has 0 radical (unpaired) electrons. The molecule has 3 aromatic rings. The highest BCUT2D eigenvalue weighted by atomic mass is 19.1. The van der Waals surface area contributed by atoms with Crippen LogP contribution in [0.15, 0.2) is 60.8 Å². The van der Waals surface area contributed by atoms with Gasteiger partial charge in [0.1, 0.15) is 23.7 Å². The lowest BCUT2D eigenvalue weighted by Crippen LogP contribution is -2.54. The van der Waals surface area contributed by atoms with Crippen LogP contribution in [0.2, 0.25) is 0 Å². The van der Waals surface area contributed by atoms with Crippen molar-refractivity contribution in [1.82, 2.24) is 15.0 Å². The van der Waals surface area contributed by atoms with E-state index in [0.717, 1.165) is 5.56 Å². The predicted molar refractivity (Wildman–Crippen MR) is 110 cm³/mol. The molecule has 2 aromatic carbocycles. The van der Waals surface area contributed by atoms with Gasteiger partial charge in [0.25, 0.3) is 0 Å². The minimum Gasteiger partial charge on any atom is -0.467 e. The largest absolute Gasteiger partial charge is 0.467 e. The fourth-order valence-electron chi connectivity index (χ4n) is 4.17. The van der Waals surface area contributed by atoms with E-state index in [4.69, 9.17) is 18.9 Å². The number of benzene rings is 2. The maximum absolute atomic E-state index is 13.7. The van der Waals surface area contributed by atoms with Crippen LogP contribution >= 0.6 is 0 Å². The summed E-state index contributed by atoms with van der Waals surface area (Å²) in [5.41, 5.74) is 2.02. The zero-order valence-electron chi connectivity index (χ0n) is 17.3. The fraction of sp³-hybridized carbons (Fsp3) is 0.348. The predicted octanol–water partition coefficient (Wildman–Crippen LogP) is 3.07. The molecule has 0 amide bonds. The summed E-state index contributed by atoms with van der Waals surface area (Å²) in [6, 6.07) is 15.4. The lowest BCUT2D eigenvalue weighted by molar-refractivity contribution is -0.298. The molecule has 3 heterocycles. The number of hydrogen-bond acceptors (Lipinski definition) is 7. The first-order chi connectivity index (χ1) is 15.6. The first-order valence-electron chi connectivity index (χ1n) is 10.4. The lowest BCUT2D eigenvalue weighted by atomic mass is 9.94. The van der Waals surface area contributed by atoms with Crippen LogP contribution in [0.1, 0.15) is 24.3 Å². The van der Waals surface area contributed by atoms with Crippen molar-refractivity contribution in [3.8, 4) is 11.3 Å². The number of carbonyl (C=O) groups is 1. The quantitative estimate of drug-likeness (QED) is 0.578. The van der Waals surface area contributed by atoms with Gasteiger partial charge in [0.2, 0.25) is 0 Å². The summed E-state index contributed by atoms with van der Waals surface area (Å²) >= 11 is 0. The number of fused-ring (bicyclic) bond motifs is 1. The minimum atomic E-state index is -0.784. The number of nitrogens with zero attached hydrogens (tertiary/aromatic N) is 3. The Bertz CT molecular complexity index is 1090. The molecule has 0 unspecified atom stereocenters. The van der Waals surface area contributed by atoms with E-state index in [2.05, 4.69) is 10.3 Å². The normalized spacial score (nSPS) is 27.5. The van der Waals surface area contributed by atoms with Crippen LogP contribution in [-0.4, -0.2) is 53.0 Å². The Balaban J connectivity index is 1.45. The standard InChI is InChI=1S/C23H22FN3O5/c1-29-22(28)19-11-18(27-12-17(25-26-27)15-8-5-9-16(24)10-15)21-20(31-19)13-30-23(32-21)14-6-3-2-4-7-14/h2-10,12,18-21,23H,11,13H2,1H3/t18-,19-,20-,21-,23-/m1/s1. The van der Waals surface area contributed by atoms with Crippen molar-refractivity contribution in [2.24, 2.45) is 0 Å². The molecule has 5 rings (SSSR count). The number of halogens is 1. The number of esters is 1. The Kier molecular flexibility index (Phi) is 5.69. The van der Waals surface area contributed by atoms with E-state index < -0.39 is 30.6 Å². The van der Waals surface area contributed by atoms with Gasteiger partial charge in [-0.25, -0.2) is 13.9 Å². The summed E-state index contributed by atoms with van der Waals surface area (Å²) in [6.45, 7) is 0.250. The van der Waals surface area contributed by atoms with Crippen molar-refractivity contribution in [3.05, 3.63) is 72.2 Å². The van der Waals surface area contributed by atoms with Crippen molar-refractivity contribution in [2.75, 3.05) is 13.7 Å². The zero-order valence-corrected chi connectivity index (χ0v) is 17.3. The van der Waals surface area contributed by atoms with Gasteiger partial charge in [0.15, 0.2) is 12.4 Å². The number of methoxy groups -OCH3 is 1. The molecular weight excluding hydrogens is 417 g/mol. The Labute approximate surface area is 183 Å². The van der Waals surface area contributed by atoms with Crippen molar-refractivity contribution in [2.45, 2.75) is 37.1 Å². The Morgan fingerprint density at radius 1 is 1.16 bits per heavy atom. The first kappa shape index (κ1) is 20.7. The molecule has 0 N–H and O–H groups in total. The molecule has 8 nitrogen and oxygen atoms in total. The molecule has 0 spiro atoms. The molecule has 166 valence electrons. The van der Waals surface area contributed by atoms with E-state index >= 15 is 0 Å². The van der Waals surface area contributed by atoms with Gasteiger partial charge in [-0.05, 0) is 12.1 Å². The van der Waals surface area contributed by atoms with Crippen LogP contribution in [0.5, 0.6) is 0 Å². The average Bonchev–Trinajstić information content (AvgIpc) is 3.33. The highest BCUT2D eigenvalue weighted by Crippen LogP contribution is 2.39. The van der Waals surface area contributed by atoms with Crippen LogP contribution < -0.4 is 0 Å². The Morgan fingerprint density at radius 3 is 2.78 bits per heavy atom. The third-order valence-electron chi connectivity index (χ3n) is 5.74. The van der Waals surface area contributed by atoms with Crippen LogP contribution in [0.25, 0.3) is 11.3 Å². The molecule has 32 heavy (non-hydrogen) atoms. The number of hydrogen-bond donors (Lipinski definition) is 0. The third-order valence-corrected chi connectivity index (χ3v) is 5.74. The van der Waals surface area contributed by atoms with Gasteiger partial charge in [-0.1, -0.05) is 47.7 Å². The molecule has 0 bridgehead atoms. The lowest BCUT2D eigenvalue weighted by Gasteiger charge is -2.45. The monoisotopic (exact) mass is 439 g/mol. The van der Waals surface area contributed by atoms with Crippen molar-refractivity contribution in [3.63, 3.8) is 0 Å². The maximum atomic E-state index is 13.7. The van der Waals surface area contributed by atoms with Gasteiger partial charge in [0, 0.05) is 17.5 Å². The molecule has 1 aromatic heterocycles. The van der Waals surface area contributed by atoms with E-state index in [0.29, 0.717) is 17.7 Å². The zero-order chi connectivity index (χ0) is 22.1. The highest BCUT2D eigenvalue weighted by Gasteiger charge is 2.47. The summed E-state index contributed by atoms with van der Waals surface area (Å²) in [6.07, 6.45) is -0.247. The van der Waals surface area contributed by atoms with Gasteiger partial charge < -0.3 is 18.9 Å². The van der Waals surface area contributed by atoms with Crippen LogP contribution in [-0.2, 0) is 23.7 Å². The molecule has 0 aliphatic carbocycles. The Morgan fingerprint density at radius 2 is 2.00 bits per heavy atom. The minimum absolute atomic E-state index is 0.250. The van der Waals surface area contributed by atoms with Crippen LogP contribution in [0.4, 0.5) is 4.39 Å². The fourth-order valence-corrected chi connectivity index (χ4v) is 4.17. The van der Waals surface area contributed by atoms with E-state index in [9.17, 15) is 9.18 Å². The molecule has 2 fully saturated rings. The van der Waals surface area contributed by atoms with Crippen molar-refractivity contribution in [1.29, 1.82) is 0 Å². The summed E-state index contributed by atoms with van der Waals surface area (Å²) in [5, 5.41) is 8.48. The third kappa shape index (κ3) is 4.02. The van der Waals surface area contributed by atoms with Gasteiger partial charge >= 0.3 is 5.97 Å². The molecule has 9 heteroatoms. The van der Waals surface area contributed by atoms with E-state index in [1.807, 2.05) is 30.3 Å². The molecule has 2 aliphatic rings.